The Morgan fingerprint density at radius 3 is 2.70 bits per heavy atom. The summed E-state index contributed by atoms with van der Waals surface area (Å²) in [6, 6.07) is 9.37. The van der Waals surface area contributed by atoms with Gasteiger partial charge in [0.05, 0.1) is 13.0 Å². The van der Waals surface area contributed by atoms with Crippen LogP contribution in [0.5, 0.6) is 0 Å². The number of carbonyl (C=O) groups is 2. The largest absolute Gasteiger partial charge is 0.384 e. The number of hydrogen-bond donors (Lipinski definition) is 2. The van der Waals surface area contributed by atoms with E-state index in [9.17, 15) is 9.59 Å². The number of likely N-dealkylation sites (tertiary alicyclic amines) is 1. The lowest BCUT2D eigenvalue weighted by atomic mass is 9.79. The second-order valence-corrected chi connectivity index (χ2v) is 7.81. The number of piperidine rings is 1. The molecular weight excluding hydrogens is 342 g/mol. The van der Waals surface area contributed by atoms with Gasteiger partial charge in [-0.3, -0.25) is 9.59 Å². The van der Waals surface area contributed by atoms with E-state index in [4.69, 9.17) is 4.74 Å². The second kappa shape index (κ2) is 9.33. The molecule has 1 aromatic rings. The summed E-state index contributed by atoms with van der Waals surface area (Å²) in [7, 11) is 1.71. The Bertz CT molecular complexity index is 623. The van der Waals surface area contributed by atoms with Crippen LogP contribution in [0.2, 0.25) is 0 Å². The molecule has 0 radical (unpaired) electrons. The number of nitrogens with zero attached hydrogens (tertiary/aromatic N) is 1. The number of benzene rings is 1. The van der Waals surface area contributed by atoms with E-state index in [1.165, 1.54) is 0 Å². The summed E-state index contributed by atoms with van der Waals surface area (Å²) < 4.78 is 5.42. The van der Waals surface area contributed by atoms with Crippen LogP contribution < -0.4 is 10.6 Å². The van der Waals surface area contributed by atoms with Gasteiger partial charge in [-0.15, -0.1) is 0 Å². The third-order valence-corrected chi connectivity index (χ3v) is 5.83. The van der Waals surface area contributed by atoms with Crippen molar-refractivity contribution in [2.24, 2.45) is 5.41 Å². The highest BCUT2D eigenvalue weighted by Gasteiger charge is 2.37. The third-order valence-electron chi connectivity index (χ3n) is 5.83. The van der Waals surface area contributed by atoms with Gasteiger partial charge in [-0.25, -0.2) is 0 Å². The van der Waals surface area contributed by atoms with Crippen molar-refractivity contribution in [2.45, 2.75) is 38.1 Å². The molecule has 3 rings (SSSR count). The van der Waals surface area contributed by atoms with Crippen molar-refractivity contribution in [3.05, 3.63) is 35.9 Å². The molecular formula is C21H31N3O3. The van der Waals surface area contributed by atoms with Crippen molar-refractivity contribution in [1.29, 1.82) is 0 Å². The fraction of sp³-hybridized carbons (Fsp3) is 0.619. The predicted molar refractivity (Wildman–Crippen MR) is 104 cm³/mol. The topological polar surface area (TPSA) is 70.7 Å². The number of amides is 2. The van der Waals surface area contributed by atoms with Crippen LogP contribution in [-0.2, 0) is 20.7 Å². The first-order chi connectivity index (χ1) is 13.1. The van der Waals surface area contributed by atoms with Gasteiger partial charge in [0.2, 0.25) is 11.8 Å². The van der Waals surface area contributed by atoms with Crippen LogP contribution in [0.15, 0.2) is 30.3 Å². The van der Waals surface area contributed by atoms with Crippen LogP contribution in [0.3, 0.4) is 0 Å². The van der Waals surface area contributed by atoms with E-state index in [1.54, 1.807) is 12.0 Å². The van der Waals surface area contributed by atoms with Crippen molar-refractivity contribution in [2.75, 3.05) is 39.9 Å². The highest BCUT2D eigenvalue weighted by molar-refractivity contribution is 5.89. The van der Waals surface area contributed by atoms with Gasteiger partial charge in [-0.1, -0.05) is 30.3 Å². The molecule has 1 unspecified atom stereocenters. The first kappa shape index (κ1) is 19.8. The fourth-order valence-corrected chi connectivity index (χ4v) is 4.24. The van der Waals surface area contributed by atoms with Crippen LogP contribution in [0.4, 0.5) is 0 Å². The van der Waals surface area contributed by atoms with Gasteiger partial charge >= 0.3 is 0 Å². The Morgan fingerprint density at radius 1 is 1.26 bits per heavy atom. The van der Waals surface area contributed by atoms with Gasteiger partial charge < -0.3 is 20.3 Å². The summed E-state index contributed by atoms with van der Waals surface area (Å²) in [6.07, 6.45) is 3.95. The number of carbonyl (C=O) groups excluding carboxylic acids is 2. The molecule has 1 atom stereocenters. The maximum absolute atomic E-state index is 12.8. The second-order valence-electron chi connectivity index (χ2n) is 7.81. The van der Waals surface area contributed by atoms with E-state index < -0.39 is 0 Å². The first-order valence-corrected chi connectivity index (χ1v) is 9.94. The molecule has 27 heavy (non-hydrogen) atoms. The molecule has 6 nitrogen and oxygen atoms in total. The van der Waals surface area contributed by atoms with Crippen molar-refractivity contribution in [1.82, 2.24) is 15.5 Å². The molecule has 2 aliphatic rings. The molecule has 2 saturated heterocycles. The molecule has 1 aromatic carbocycles. The van der Waals surface area contributed by atoms with Gasteiger partial charge in [0.15, 0.2) is 0 Å². The summed E-state index contributed by atoms with van der Waals surface area (Å²) in [5, 5.41) is 6.49. The Balaban J connectivity index is 1.57. The SMILES string of the molecule is COCC1(CNC(=O)C2CCCN2C(=O)Cc2ccccc2)CCNCC1. The van der Waals surface area contributed by atoms with Gasteiger partial charge in [-0.2, -0.15) is 0 Å². The van der Waals surface area contributed by atoms with E-state index >= 15 is 0 Å². The zero-order valence-electron chi connectivity index (χ0n) is 16.2. The zero-order valence-corrected chi connectivity index (χ0v) is 16.2. The van der Waals surface area contributed by atoms with Gasteiger partial charge in [-0.05, 0) is 44.3 Å². The summed E-state index contributed by atoms with van der Waals surface area (Å²) in [4.78, 5) is 27.3. The van der Waals surface area contributed by atoms with Gasteiger partial charge in [0, 0.05) is 25.6 Å². The van der Waals surface area contributed by atoms with Crippen molar-refractivity contribution >= 4 is 11.8 Å². The van der Waals surface area contributed by atoms with Crippen molar-refractivity contribution in [3.63, 3.8) is 0 Å². The third kappa shape index (κ3) is 5.08. The maximum atomic E-state index is 12.8. The van der Waals surface area contributed by atoms with Crippen molar-refractivity contribution in [3.8, 4) is 0 Å². The molecule has 2 heterocycles. The maximum Gasteiger partial charge on any atom is 0.242 e. The normalized spacial score (nSPS) is 21.8. The average Bonchev–Trinajstić information content (AvgIpc) is 3.18. The molecule has 2 amide bonds. The van der Waals surface area contributed by atoms with E-state index in [0.29, 0.717) is 26.1 Å². The molecule has 0 spiro atoms. The molecule has 0 bridgehead atoms. The molecule has 0 saturated carbocycles. The van der Waals surface area contributed by atoms with Crippen LogP contribution in [0.1, 0.15) is 31.2 Å². The zero-order chi connectivity index (χ0) is 19.1. The smallest absolute Gasteiger partial charge is 0.242 e. The molecule has 6 heteroatoms. The van der Waals surface area contributed by atoms with E-state index in [-0.39, 0.29) is 23.3 Å². The molecule has 2 aliphatic heterocycles. The molecule has 2 fully saturated rings. The quantitative estimate of drug-likeness (QED) is 0.757. The van der Waals surface area contributed by atoms with Crippen LogP contribution >= 0.6 is 0 Å². The number of rotatable bonds is 7. The number of ether oxygens (including phenoxy) is 1. The van der Waals surface area contributed by atoms with E-state index in [2.05, 4.69) is 10.6 Å². The Hall–Kier alpha value is -1.92. The fourth-order valence-electron chi connectivity index (χ4n) is 4.24. The van der Waals surface area contributed by atoms with Crippen LogP contribution in [0, 0.1) is 5.41 Å². The number of hydrogen-bond acceptors (Lipinski definition) is 4. The molecule has 0 aliphatic carbocycles. The number of methoxy groups -OCH3 is 1. The first-order valence-electron chi connectivity index (χ1n) is 9.94. The van der Waals surface area contributed by atoms with Gasteiger partial charge in [0.1, 0.15) is 6.04 Å². The lowest BCUT2D eigenvalue weighted by molar-refractivity contribution is -0.138. The Morgan fingerprint density at radius 2 is 2.00 bits per heavy atom. The minimum Gasteiger partial charge on any atom is -0.384 e. The lowest BCUT2D eigenvalue weighted by Gasteiger charge is -2.37. The Kier molecular flexibility index (Phi) is 6.85. The average molecular weight is 373 g/mol. The molecule has 0 aromatic heterocycles. The minimum atomic E-state index is -0.345. The number of nitrogens with one attached hydrogen (secondary N) is 2. The summed E-state index contributed by atoms with van der Waals surface area (Å²) >= 11 is 0. The highest BCUT2D eigenvalue weighted by atomic mass is 16.5. The van der Waals surface area contributed by atoms with Crippen molar-refractivity contribution < 1.29 is 14.3 Å². The van der Waals surface area contributed by atoms with Crippen LogP contribution in [0.25, 0.3) is 0 Å². The summed E-state index contributed by atoms with van der Waals surface area (Å²) in [6.45, 7) is 3.82. The predicted octanol–water partition coefficient (Wildman–Crippen LogP) is 1.35. The summed E-state index contributed by atoms with van der Waals surface area (Å²) in [5.74, 6) is 0.00948. The van der Waals surface area contributed by atoms with Crippen LogP contribution in [-0.4, -0.2) is 62.7 Å². The van der Waals surface area contributed by atoms with E-state index in [0.717, 1.165) is 44.3 Å². The highest BCUT2D eigenvalue weighted by Crippen LogP contribution is 2.28. The monoisotopic (exact) mass is 373 g/mol. The standard InChI is InChI=1S/C21H31N3O3/c1-27-16-21(9-11-22-12-10-21)15-23-20(26)18-8-5-13-24(18)19(25)14-17-6-3-2-4-7-17/h2-4,6-7,18,22H,5,8-16H2,1H3,(H,23,26). The molecule has 2 N–H and O–H groups in total. The van der Waals surface area contributed by atoms with Gasteiger partial charge in [0.25, 0.3) is 0 Å². The minimum absolute atomic E-state index is 0.00680. The summed E-state index contributed by atoms with van der Waals surface area (Å²) in [5.41, 5.74) is 0.981. The Labute approximate surface area is 161 Å². The van der Waals surface area contributed by atoms with E-state index in [1.807, 2.05) is 30.3 Å². The molecule has 148 valence electrons. The lowest BCUT2D eigenvalue weighted by Crippen LogP contribution is -2.51.